The van der Waals surface area contributed by atoms with Crippen LogP contribution in [0.25, 0.3) is 16.7 Å². The zero-order chi connectivity index (χ0) is 11.7. The maximum absolute atomic E-state index is 10.5. The summed E-state index contributed by atoms with van der Waals surface area (Å²) in [6.45, 7) is 1.85. The number of fused-ring (bicyclic) bond motifs is 1. The Morgan fingerprint density at radius 1 is 1.44 bits per heavy atom. The molecule has 0 aliphatic rings. The molecule has 16 heavy (non-hydrogen) atoms. The highest BCUT2D eigenvalue weighted by atomic mass is 16.4. The van der Waals surface area contributed by atoms with Crippen LogP contribution in [0.15, 0.2) is 34.8 Å². The van der Waals surface area contributed by atoms with Crippen LogP contribution in [0.3, 0.4) is 0 Å². The summed E-state index contributed by atoms with van der Waals surface area (Å²) in [6.07, 6.45) is 0.935. The maximum Gasteiger partial charge on any atom is 0.330 e. The molecule has 82 valence electrons. The van der Waals surface area contributed by atoms with Gasteiger partial charge in [0.2, 0.25) is 0 Å². The van der Waals surface area contributed by atoms with Gasteiger partial charge in [-0.05, 0) is 13.0 Å². The fraction of sp³-hybridized carbons (Fsp3) is 0.0833. The number of hydrogen-bond donors (Lipinski definition) is 2. The molecule has 2 aromatic rings. The van der Waals surface area contributed by atoms with Crippen molar-refractivity contribution in [3.05, 3.63) is 41.7 Å². The van der Waals surface area contributed by atoms with Gasteiger partial charge in [-0.1, -0.05) is 18.2 Å². The number of para-hydroxylation sites is 1. The summed E-state index contributed by atoms with van der Waals surface area (Å²) in [5.41, 5.74) is 7.33. The predicted octanol–water partition coefficient (Wildman–Crippen LogP) is 2.13. The van der Waals surface area contributed by atoms with Crippen molar-refractivity contribution in [1.29, 1.82) is 0 Å². The number of aliphatic carboxylic acids is 1. The van der Waals surface area contributed by atoms with Crippen LogP contribution in [0.4, 0.5) is 0 Å². The Hall–Kier alpha value is -2.23. The highest BCUT2D eigenvalue weighted by Gasteiger charge is 2.12. The Morgan fingerprint density at radius 2 is 2.12 bits per heavy atom. The van der Waals surface area contributed by atoms with E-state index in [1.165, 1.54) is 0 Å². The third-order valence-corrected chi connectivity index (χ3v) is 2.38. The van der Waals surface area contributed by atoms with Crippen molar-refractivity contribution in [2.24, 2.45) is 5.73 Å². The molecule has 0 amide bonds. The first kappa shape index (κ1) is 10.3. The first-order valence-corrected chi connectivity index (χ1v) is 4.78. The third-order valence-electron chi connectivity index (χ3n) is 2.38. The quantitative estimate of drug-likeness (QED) is 0.755. The largest absolute Gasteiger partial charge is 0.478 e. The molecule has 0 aliphatic carbocycles. The van der Waals surface area contributed by atoms with Gasteiger partial charge in [0.05, 0.1) is 5.70 Å². The Balaban J connectivity index is 2.62. The summed E-state index contributed by atoms with van der Waals surface area (Å²) in [6, 6.07) is 7.48. The second-order valence-electron chi connectivity index (χ2n) is 3.49. The number of hydrogen-bond acceptors (Lipinski definition) is 3. The molecule has 0 saturated carbocycles. The van der Waals surface area contributed by atoms with Crippen LogP contribution >= 0.6 is 0 Å². The number of furan rings is 1. The molecule has 4 heteroatoms. The lowest BCUT2D eigenvalue weighted by molar-refractivity contribution is -0.131. The SMILES string of the molecule is Cc1c(/C(N)=C/C(=O)O)oc2ccccc12. The van der Waals surface area contributed by atoms with Crippen LogP contribution in [-0.4, -0.2) is 11.1 Å². The summed E-state index contributed by atoms with van der Waals surface area (Å²) in [5.74, 6) is -0.666. The molecule has 1 heterocycles. The van der Waals surface area contributed by atoms with Gasteiger partial charge in [-0.2, -0.15) is 0 Å². The van der Waals surface area contributed by atoms with Crippen LogP contribution in [-0.2, 0) is 4.79 Å². The van der Waals surface area contributed by atoms with Gasteiger partial charge in [0.25, 0.3) is 0 Å². The molecule has 0 spiro atoms. The molecule has 0 atom stereocenters. The smallest absolute Gasteiger partial charge is 0.330 e. The zero-order valence-electron chi connectivity index (χ0n) is 8.73. The number of aryl methyl sites for hydroxylation is 1. The van der Waals surface area contributed by atoms with Gasteiger partial charge < -0.3 is 15.3 Å². The van der Waals surface area contributed by atoms with E-state index in [-0.39, 0.29) is 5.70 Å². The second kappa shape index (κ2) is 3.73. The fourth-order valence-corrected chi connectivity index (χ4v) is 1.65. The van der Waals surface area contributed by atoms with Crippen molar-refractivity contribution >= 4 is 22.6 Å². The average molecular weight is 217 g/mol. The molecular formula is C12H11NO3. The molecule has 1 aromatic carbocycles. The minimum atomic E-state index is -1.09. The summed E-state index contributed by atoms with van der Waals surface area (Å²) in [5, 5.41) is 9.56. The Bertz CT molecular complexity index is 581. The van der Waals surface area contributed by atoms with Crippen molar-refractivity contribution < 1.29 is 14.3 Å². The molecule has 3 N–H and O–H groups in total. The highest BCUT2D eigenvalue weighted by Crippen LogP contribution is 2.27. The monoisotopic (exact) mass is 217 g/mol. The number of carbonyl (C=O) groups is 1. The summed E-state index contributed by atoms with van der Waals surface area (Å²) in [7, 11) is 0. The normalized spacial score (nSPS) is 11.9. The van der Waals surface area contributed by atoms with E-state index in [9.17, 15) is 4.79 Å². The van der Waals surface area contributed by atoms with Crippen molar-refractivity contribution in [3.63, 3.8) is 0 Å². The Labute approximate surface area is 92.0 Å². The highest BCUT2D eigenvalue weighted by molar-refractivity contribution is 5.92. The minimum absolute atomic E-state index is 0.126. The number of nitrogens with two attached hydrogens (primary N) is 1. The van der Waals surface area contributed by atoms with Gasteiger partial charge in [0, 0.05) is 17.0 Å². The maximum atomic E-state index is 10.5. The van der Waals surface area contributed by atoms with E-state index in [2.05, 4.69) is 0 Å². The molecule has 0 radical (unpaired) electrons. The lowest BCUT2D eigenvalue weighted by Crippen LogP contribution is -2.00. The van der Waals surface area contributed by atoms with Gasteiger partial charge in [0.15, 0.2) is 5.76 Å². The number of carboxylic acids is 1. The third kappa shape index (κ3) is 1.65. The van der Waals surface area contributed by atoms with Crippen molar-refractivity contribution in [2.75, 3.05) is 0 Å². The Kier molecular flexibility index (Phi) is 2.40. The molecule has 0 fully saturated rings. The number of rotatable bonds is 2. The number of benzene rings is 1. The second-order valence-corrected chi connectivity index (χ2v) is 3.49. The van der Waals surface area contributed by atoms with E-state index in [0.717, 1.165) is 17.0 Å². The standard InChI is InChI=1S/C12H11NO3/c1-7-8-4-2-3-5-10(8)16-12(7)9(13)6-11(14)15/h2-6H,13H2,1H3,(H,14,15)/b9-6-. The van der Waals surface area contributed by atoms with E-state index >= 15 is 0 Å². The first-order valence-electron chi connectivity index (χ1n) is 4.78. The molecule has 1 aromatic heterocycles. The first-order chi connectivity index (χ1) is 7.59. The van der Waals surface area contributed by atoms with E-state index in [1.54, 1.807) is 0 Å². The van der Waals surface area contributed by atoms with Gasteiger partial charge >= 0.3 is 5.97 Å². The van der Waals surface area contributed by atoms with Crippen molar-refractivity contribution in [2.45, 2.75) is 6.92 Å². The van der Waals surface area contributed by atoms with Crippen LogP contribution in [0, 0.1) is 6.92 Å². The summed E-state index contributed by atoms with van der Waals surface area (Å²) in [4.78, 5) is 10.5. The van der Waals surface area contributed by atoms with E-state index in [4.69, 9.17) is 15.3 Å². The molecule has 2 rings (SSSR count). The van der Waals surface area contributed by atoms with Crippen LogP contribution in [0.1, 0.15) is 11.3 Å². The zero-order valence-corrected chi connectivity index (χ0v) is 8.73. The van der Waals surface area contributed by atoms with Crippen LogP contribution in [0.2, 0.25) is 0 Å². The van der Waals surface area contributed by atoms with Gasteiger partial charge in [-0.25, -0.2) is 4.79 Å². The molecule has 0 bridgehead atoms. The minimum Gasteiger partial charge on any atom is -0.478 e. The van der Waals surface area contributed by atoms with Crippen molar-refractivity contribution in [1.82, 2.24) is 0 Å². The van der Waals surface area contributed by atoms with Crippen LogP contribution in [0.5, 0.6) is 0 Å². The van der Waals surface area contributed by atoms with Gasteiger partial charge in [-0.15, -0.1) is 0 Å². The fourth-order valence-electron chi connectivity index (χ4n) is 1.65. The molecule has 0 saturated heterocycles. The van der Waals surface area contributed by atoms with Crippen LogP contribution < -0.4 is 5.73 Å². The van der Waals surface area contributed by atoms with E-state index in [0.29, 0.717) is 11.3 Å². The van der Waals surface area contributed by atoms with E-state index < -0.39 is 5.97 Å². The predicted molar refractivity (Wildman–Crippen MR) is 60.8 cm³/mol. The lowest BCUT2D eigenvalue weighted by Gasteiger charge is -1.96. The van der Waals surface area contributed by atoms with Gasteiger partial charge in [0.1, 0.15) is 5.58 Å². The van der Waals surface area contributed by atoms with Crippen molar-refractivity contribution in [3.8, 4) is 0 Å². The topological polar surface area (TPSA) is 76.5 Å². The Morgan fingerprint density at radius 3 is 2.75 bits per heavy atom. The number of carboxylic acid groups (broad SMARTS) is 1. The molecular weight excluding hydrogens is 206 g/mol. The summed E-state index contributed by atoms with van der Waals surface area (Å²) >= 11 is 0. The average Bonchev–Trinajstić information content (AvgIpc) is 2.56. The summed E-state index contributed by atoms with van der Waals surface area (Å²) < 4.78 is 5.50. The van der Waals surface area contributed by atoms with Gasteiger partial charge in [-0.3, -0.25) is 0 Å². The van der Waals surface area contributed by atoms with E-state index in [1.807, 2.05) is 31.2 Å². The molecule has 0 unspecified atom stereocenters. The molecule has 0 aliphatic heterocycles. The lowest BCUT2D eigenvalue weighted by atomic mass is 10.1. The molecule has 4 nitrogen and oxygen atoms in total.